The van der Waals surface area contributed by atoms with E-state index in [-0.39, 0.29) is 10.6 Å². The van der Waals surface area contributed by atoms with Gasteiger partial charge >= 0.3 is 0 Å². The van der Waals surface area contributed by atoms with Crippen LogP contribution in [0.4, 0.5) is 0 Å². The molecule has 0 aliphatic rings. The van der Waals surface area contributed by atoms with E-state index in [9.17, 15) is 10.1 Å². The van der Waals surface area contributed by atoms with Gasteiger partial charge in [0.05, 0.1) is 10.5 Å². The van der Waals surface area contributed by atoms with Crippen molar-refractivity contribution in [1.82, 2.24) is 0 Å². The Hall–Kier alpha value is -1.64. The maximum Gasteiger partial charge on any atom is 0.272 e. The van der Waals surface area contributed by atoms with E-state index in [1.807, 2.05) is 13.0 Å². The van der Waals surface area contributed by atoms with Gasteiger partial charge in [0.2, 0.25) is 0 Å². The fourth-order valence-corrected chi connectivity index (χ4v) is 1.10. The third-order valence-electron chi connectivity index (χ3n) is 1.66. The average molecular weight is 177 g/mol. The Morgan fingerprint density at radius 3 is 2.54 bits per heavy atom. The van der Waals surface area contributed by atoms with E-state index in [1.54, 1.807) is 30.3 Å². The van der Waals surface area contributed by atoms with E-state index in [0.717, 1.165) is 0 Å². The normalized spacial score (nSPS) is 11.3. The summed E-state index contributed by atoms with van der Waals surface area (Å²) in [6.07, 6.45) is 2.29. The molecular formula is C10H11NO2. The summed E-state index contributed by atoms with van der Waals surface area (Å²) in [6.45, 7) is 1.88. The van der Waals surface area contributed by atoms with E-state index in [1.165, 1.54) is 0 Å². The number of benzene rings is 1. The lowest BCUT2D eigenvalue weighted by atomic mass is 10.1. The van der Waals surface area contributed by atoms with Crippen LogP contribution in [0.3, 0.4) is 0 Å². The minimum Gasteiger partial charge on any atom is -0.258 e. The largest absolute Gasteiger partial charge is 0.272 e. The molecule has 0 bridgehead atoms. The van der Waals surface area contributed by atoms with Crippen LogP contribution in [-0.2, 0) is 0 Å². The van der Waals surface area contributed by atoms with Crippen LogP contribution in [0, 0.1) is 10.1 Å². The van der Waals surface area contributed by atoms with Gasteiger partial charge in [-0.1, -0.05) is 25.1 Å². The van der Waals surface area contributed by atoms with Gasteiger partial charge in [0.15, 0.2) is 0 Å². The number of rotatable bonds is 3. The van der Waals surface area contributed by atoms with Gasteiger partial charge in [0.25, 0.3) is 5.70 Å². The van der Waals surface area contributed by atoms with Crippen LogP contribution in [0.25, 0.3) is 5.70 Å². The minimum atomic E-state index is -0.348. The summed E-state index contributed by atoms with van der Waals surface area (Å²) >= 11 is 0. The molecule has 1 rings (SSSR count). The average Bonchev–Trinajstić information content (AvgIpc) is 2.15. The van der Waals surface area contributed by atoms with E-state index in [4.69, 9.17) is 0 Å². The zero-order chi connectivity index (χ0) is 9.68. The second-order valence-electron chi connectivity index (χ2n) is 2.62. The third-order valence-corrected chi connectivity index (χ3v) is 1.66. The maximum atomic E-state index is 10.6. The fraction of sp³-hybridized carbons (Fsp3) is 0.200. The second-order valence-corrected chi connectivity index (χ2v) is 2.62. The van der Waals surface area contributed by atoms with Crippen LogP contribution in [0.1, 0.15) is 18.9 Å². The Bertz CT molecular complexity index is 317. The van der Waals surface area contributed by atoms with Crippen LogP contribution < -0.4 is 0 Å². The van der Waals surface area contributed by atoms with Gasteiger partial charge in [0.1, 0.15) is 0 Å². The first-order valence-electron chi connectivity index (χ1n) is 4.15. The SMILES string of the molecule is CC/C=C(\c1ccccc1)[N+](=O)[O-]. The van der Waals surface area contributed by atoms with Crippen molar-refractivity contribution < 1.29 is 4.92 Å². The van der Waals surface area contributed by atoms with Gasteiger partial charge < -0.3 is 0 Å². The van der Waals surface area contributed by atoms with Crippen molar-refractivity contribution in [3.63, 3.8) is 0 Å². The molecule has 0 N–H and O–H groups in total. The third kappa shape index (κ3) is 2.40. The molecule has 1 aromatic rings. The monoisotopic (exact) mass is 177 g/mol. The van der Waals surface area contributed by atoms with Gasteiger partial charge in [-0.25, -0.2) is 0 Å². The van der Waals surface area contributed by atoms with Crippen LogP contribution in [0.2, 0.25) is 0 Å². The summed E-state index contributed by atoms with van der Waals surface area (Å²) in [4.78, 5) is 10.3. The van der Waals surface area contributed by atoms with Crippen LogP contribution in [0.5, 0.6) is 0 Å². The van der Waals surface area contributed by atoms with Crippen molar-refractivity contribution in [2.75, 3.05) is 0 Å². The smallest absolute Gasteiger partial charge is 0.258 e. The molecular weight excluding hydrogens is 166 g/mol. The number of allylic oxidation sites excluding steroid dienone is 1. The molecule has 3 nitrogen and oxygen atoms in total. The zero-order valence-electron chi connectivity index (χ0n) is 7.43. The van der Waals surface area contributed by atoms with Crippen molar-refractivity contribution in [2.45, 2.75) is 13.3 Å². The Balaban J connectivity index is 3.03. The number of hydrogen-bond donors (Lipinski definition) is 0. The summed E-state index contributed by atoms with van der Waals surface area (Å²) in [5.74, 6) is 0. The van der Waals surface area contributed by atoms with Crippen molar-refractivity contribution in [2.24, 2.45) is 0 Å². The molecule has 0 fully saturated rings. The first-order valence-corrected chi connectivity index (χ1v) is 4.15. The van der Waals surface area contributed by atoms with E-state index in [2.05, 4.69) is 0 Å². The molecule has 3 heteroatoms. The summed E-state index contributed by atoms with van der Waals surface area (Å²) in [7, 11) is 0. The van der Waals surface area contributed by atoms with Crippen molar-refractivity contribution in [3.8, 4) is 0 Å². The number of hydrogen-bond acceptors (Lipinski definition) is 2. The zero-order valence-corrected chi connectivity index (χ0v) is 7.43. The highest BCUT2D eigenvalue weighted by atomic mass is 16.6. The molecule has 0 aliphatic carbocycles. The molecule has 0 spiro atoms. The summed E-state index contributed by atoms with van der Waals surface area (Å²) < 4.78 is 0. The van der Waals surface area contributed by atoms with Crippen molar-refractivity contribution in [1.29, 1.82) is 0 Å². The summed E-state index contributed by atoms with van der Waals surface area (Å²) in [6, 6.07) is 8.91. The first-order chi connectivity index (χ1) is 6.25. The fourth-order valence-electron chi connectivity index (χ4n) is 1.10. The Morgan fingerprint density at radius 2 is 2.08 bits per heavy atom. The van der Waals surface area contributed by atoms with Gasteiger partial charge in [-0.2, -0.15) is 0 Å². The topological polar surface area (TPSA) is 43.1 Å². The molecule has 0 radical (unpaired) electrons. The molecule has 0 aromatic heterocycles. The number of nitrogens with zero attached hydrogens (tertiary/aromatic N) is 1. The molecule has 0 aliphatic heterocycles. The highest BCUT2D eigenvalue weighted by molar-refractivity contribution is 5.58. The lowest BCUT2D eigenvalue weighted by molar-refractivity contribution is -0.375. The van der Waals surface area contributed by atoms with Crippen LogP contribution in [0.15, 0.2) is 36.4 Å². The predicted octanol–water partition coefficient (Wildman–Crippen LogP) is 2.71. The maximum absolute atomic E-state index is 10.6. The molecule has 0 saturated carbocycles. The Kier molecular flexibility index (Phi) is 3.20. The molecule has 68 valence electrons. The number of nitro groups is 1. The summed E-state index contributed by atoms with van der Waals surface area (Å²) in [5, 5.41) is 10.6. The van der Waals surface area contributed by atoms with Crippen LogP contribution in [-0.4, -0.2) is 4.92 Å². The molecule has 0 atom stereocenters. The Morgan fingerprint density at radius 1 is 1.46 bits per heavy atom. The second kappa shape index (κ2) is 4.40. The lowest BCUT2D eigenvalue weighted by Crippen LogP contribution is -1.97. The highest BCUT2D eigenvalue weighted by Gasteiger charge is 2.11. The van der Waals surface area contributed by atoms with Gasteiger partial charge in [-0.15, -0.1) is 0 Å². The van der Waals surface area contributed by atoms with E-state index < -0.39 is 0 Å². The molecule has 0 amide bonds. The van der Waals surface area contributed by atoms with Crippen LogP contribution >= 0.6 is 0 Å². The quantitative estimate of drug-likeness (QED) is 0.526. The molecule has 13 heavy (non-hydrogen) atoms. The van der Waals surface area contributed by atoms with Gasteiger partial charge in [-0.3, -0.25) is 10.1 Å². The highest BCUT2D eigenvalue weighted by Crippen LogP contribution is 2.14. The standard InChI is InChI=1S/C10H11NO2/c1-2-6-10(11(12)13)9-7-4-3-5-8-9/h3-8H,2H2,1H3/b10-6+. The van der Waals surface area contributed by atoms with Gasteiger partial charge in [-0.05, 0) is 24.6 Å². The van der Waals surface area contributed by atoms with Crippen molar-refractivity contribution in [3.05, 3.63) is 52.1 Å². The van der Waals surface area contributed by atoms with E-state index in [0.29, 0.717) is 12.0 Å². The molecule has 0 unspecified atom stereocenters. The van der Waals surface area contributed by atoms with Crippen molar-refractivity contribution >= 4 is 5.70 Å². The minimum absolute atomic E-state index is 0.183. The predicted molar refractivity (Wildman–Crippen MR) is 51.7 cm³/mol. The van der Waals surface area contributed by atoms with E-state index >= 15 is 0 Å². The Labute approximate surface area is 76.9 Å². The molecule has 0 heterocycles. The molecule has 0 saturated heterocycles. The lowest BCUT2D eigenvalue weighted by Gasteiger charge is -1.96. The summed E-state index contributed by atoms with van der Waals surface area (Å²) in [5.41, 5.74) is 0.845. The molecule has 1 aromatic carbocycles. The first kappa shape index (κ1) is 9.45. The van der Waals surface area contributed by atoms with Gasteiger partial charge in [0, 0.05) is 0 Å².